The van der Waals surface area contributed by atoms with Crippen LogP contribution in [0.2, 0.25) is 0 Å². The predicted octanol–water partition coefficient (Wildman–Crippen LogP) is 2.84. The quantitative estimate of drug-likeness (QED) is 0.795. The fraction of sp³-hybridized carbons (Fsp3) is 0.467. The molecule has 0 fully saturated rings. The first kappa shape index (κ1) is 15.2. The van der Waals surface area contributed by atoms with Crippen LogP contribution in [0.15, 0.2) is 30.3 Å². The van der Waals surface area contributed by atoms with Gasteiger partial charge in [-0.15, -0.1) is 0 Å². The third kappa shape index (κ3) is 5.12. The van der Waals surface area contributed by atoms with Crippen LogP contribution in [0.25, 0.3) is 0 Å². The summed E-state index contributed by atoms with van der Waals surface area (Å²) in [6.07, 6.45) is 2.45. The van der Waals surface area contributed by atoms with E-state index in [4.69, 9.17) is 5.11 Å². The van der Waals surface area contributed by atoms with Crippen LogP contribution >= 0.6 is 0 Å². The highest BCUT2D eigenvalue weighted by molar-refractivity contribution is 5.94. The second-order valence-corrected chi connectivity index (χ2v) is 5.05. The van der Waals surface area contributed by atoms with Gasteiger partial charge in [0.25, 0.3) is 5.91 Å². The fourth-order valence-electron chi connectivity index (χ4n) is 2.03. The zero-order chi connectivity index (χ0) is 14.3. The summed E-state index contributed by atoms with van der Waals surface area (Å²) in [5, 5.41) is 11.8. The molecule has 0 aliphatic rings. The molecule has 0 aliphatic heterocycles. The van der Waals surface area contributed by atoms with Crippen LogP contribution in [0.5, 0.6) is 0 Å². The van der Waals surface area contributed by atoms with Gasteiger partial charge in [-0.05, 0) is 25.5 Å². The van der Waals surface area contributed by atoms with Crippen LogP contribution in [0.3, 0.4) is 0 Å². The zero-order valence-electron chi connectivity index (χ0n) is 11.5. The first-order chi connectivity index (χ1) is 8.97. The maximum Gasteiger partial charge on any atom is 0.305 e. The SMILES string of the molecule is CCCCC(C)(CC(=O)O)NC(=O)c1ccccc1. The number of unbranched alkanes of at least 4 members (excludes halogenated alkanes) is 1. The number of benzene rings is 1. The second kappa shape index (κ2) is 6.92. The Balaban J connectivity index is 2.76. The molecule has 0 aromatic heterocycles. The van der Waals surface area contributed by atoms with Crippen molar-refractivity contribution in [1.29, 1.82) is 0 Å². The minimum atomic E-state index is -0.896. The average Bonchev–Trinajstić information content (AvgIpc) is 2.36. The van der Waals surface area contributed by atoms with Gasteiger partial charge in [-0.2, -0.15) is 0 Å². The molecule has 4 nitrogen and oxygen atoms in total. The highest BCUT2D eigenvalue weighted by Gasteiger charge is 2.29. The summed E-state index contributed by atoms with van der Waals surface area (Å²) in [4.78, 5) is 23.0. The first-order valence-electron chi connectivity index (χ1n) is 6.56. The van der Waals surface area contributed by atoms with Crippen LogP contribution < -0.4 is 5.32 Å². The number of carboxylic acids is 1. The molecule has 19 heavy (non-hydrogen) atoms. The van der Waals surface area contributed by atoms with Crippen LogP contribution in [0, 0.1) is 0 Å². The Bertz CT molecular complexity index is 430. The number of hydrogen-bond donors (Lipinski definition) is 2. The van der Waals surface area contributed by atoms with E-state index in [1.165, 1.54) is 0 Å². The van der Waals surface area contributed by atoms with Crippen molar-refractivity contribution in [3.8, 4) is 0 Å². The number of rotatable bonds is 7. The lowest BCUT2D eigenvalue weighted by Crippen LogP contribution is -2.47. The van der Waals surface area contributed by atoms with Gasteiger partial charge in [0.2, 0.25) is 0 Å². The van der Waals surface area contributed by atoms with Crippen LogP contribution in [-0.4, -0.2) is 22.5 Å². The summed E-state index contributed by atoms with van der Waals surface area (Å²) >= 11 is 0. The molecule has 1 unspecified atom stereocenters. The normalized spacial score (nSPS) is 13.6. The van der Waals surface area contributed by atoms with Crippen molar-refractivity contribution in [2.45, 2.75) is 45.1 Å². The lowest BCUT2D eigenvalue weighted by atomic mass is 9.90. The van der Waals surface area contributed by atoms with Gasteiger partial charge in [-0.25, -0.2) is 0 Å². The Morgan fingerprint density at radius 2 is 1.89 bits per heavy atom. The smallest absolute Gasteiger partial charge is 0.305 e. The highest BCUT2D eigenvalue weighted by Crippen LogP contribution is 2.19. The van der Waals surface area contributed by atoms with E-state index in [0.29, 0.717) is 12.0 Å². The lowest BCUT2D eigenvalue weighted by Gasteiger charge is -2.29. The van der Waals surface area contributed by atoms with Crippen molar-refractivity contribution < 1.29 is 14.7 Å². The van der Waals surface area contributed by atoms with E-state index in [9.17, 15) is 9.59 Å². The molecule has 0 aliphatic carbocycles. The summed E-state index contributed by atoms with van der Waals surface area (Å²) in [6.45, 7) is 3.83. The molecular formula is C15H21NO3. The van der Waals surface area contributed by atoms with Gasteiger partial charge >= 0.3 is 5.97 Å². The molecular weight excluding hydrogens is 242 g/mol. The van der Waals surface area contributed by atoms with Gasteiger partial charge in [0.1, 0.15) is 0 Å². The van der Waals surface area contributed by atoms with Crippen molar-refractivity contribution >= 4 is 11.9 Å². The maximum absolute atomic E-state index is 12.1. The van der Waals surface area contributed by atoms with E-state index < -0.39 is 11.5 Å². The number of aliphatic carboxylic acids is 1. The minimum Gasteiger partial charge on any atom is -0.481 e. The van der Waals surface area contributed by atoms with E-state index in [-0.39, 0.29) is 12.3 Å². The van der Waals surface area contributed by atoms with Gasteiger partial charge in [-0.3, -0.25) is 9.59 Å². The van der Waals surface area contributed by atoms with E-state index in [1.54, 1.807) is 31.2 Å². The monoisotopic (exact) mass is 263 g/mol. The summed E-state index contributed by atoms with van der Waals surface area (Å²) in [5.41, 5.74) is -0.148. The Hall–Kier alpha value is -1.84. The Kier molecular flexibility index (Phi) is 5.55. The number of carbonyl (C=O) groups excluding carboxylic acids is 1. The standard InChI is InChI=1S/C15H21NO3/c1-3-4-10-15(2,11-13(17)18)16-14(19)12-8-6-5-7-9-12/h5-9H,3-4,10-11H2,1-2H3,(H,16,19)(H,17,18). The van der Waals surface area contributed by atoms with E-state index >= 15 is 0 Å². The Morgan fingerprint density at radius 1 is 1.26 bits per heavy atom. The molecule has 1 rings (SSSR count). The third-order valence-electron chi connectivity index (χ3n) is 3.07. The number of amides is 1. The molecule has 0 saturated carbocycles. The van der Waals surface area contributed by atoms with Crippen molar-refractivity contribution in [2.75, 3.05) is 0 Å². The predicted molar refractivity (Wildman–Crippen MR) is 74.1 cm³/mol. The summed E-state index contributed by atoms with van der Waals surface area (Å²) in [6, 6.07) is 8.85. The first-order valence-corrected chi connectivity index (χ1v) is 6.56. The van der Waals surface area contributed by atoms with Crippen molar-refractivity contribution in [1.82, 2.24) is 5.32 Å². The molecule has 0 heterocycles. The molecule has 0 bridgehead atoms. The lowest BCUT2D eigenvalue weighted by molar-refractivity contribution is -0.138. The molecule has 0 spiro atoms. The van der Waals surface area contributed by atoms with Crippen LogP contribution in [-0.2, 0) is 4.79 Å². The fourth-order valence-corrected chi connectivity index (χ4v) is 2.03. The largest absolute Gasteiger partial charge is 0.481 e. The van der Waals surface area contributed by atoms with Gasteiger partial charge in [0.15, 0.2) is 0 Å². The molecule has 1 aromatic carbocycles. The molecule has 2 N–H and O–H groups in total. The topological polar surface area (TPSA) is 66.4 Å². The van der Waals surface area contributed by atoms with Crippen molar-refractivity contribution in [3.63, 3.8) is 0 Å². The number of carboxylic acid groups (broad SMARTS) is 1. The number of hydrogen-bond acceptors (Lipinski definition) is 2. The van der Waals surface area contributed by atoms with E-state index in [1.807, 2.05) is 13.0 Å². The van der Waals surface area contributed by atoms with Gasteiger partial charge in [0, 0.05) is 11.1 Å². The van der Waals surface area contributed by atoms with Gasteiger partial charge in [0.05, 0.1) is 6.42 Å². The van der Waals surface area contributed by atoms with E-state index in [0.717, 1.165) is 12.8 Å². The zero-order valence-corrected chi connectivity index (χ0v) is 11.5. The minimum absolute atomic E-state index is 0.0639. The van der Waals surface area contributed by atoms with Gasteiger partial charge in [-0.1, -0.05) is 38.0 Å². The second-order valence-electron chi connectivity index (χ2n) is 5.05. The summed E-state index contributed by atoms with van der Waals surface area (Å²) < 4.78 is 0. The molecule has 0 saturated heterocycles. The molecule has 0 radical (unpaired) electrons. The molecule has 4 heteroatoms. The Morgan fingerprint density at radius 3 is 2.42 bits per heavy atom. The van der Waals surface area contributed by atoms with Crippen molar-refractivity contribution in [2.24, 2.45) is 0 Å². The summed E-state index contributed by atoms with van der Waals surface area (Å²) in [7, 11) is 0. The average molecular weight is 263 g/mol. The number of carbonyl (C=O) groups is 2. The maximum atomic E-state index is 12.1. The molecule has 1 aromatic rings. The van der Waals surface area contributed by atoms with Crippen molar-refractivity contribution in [3.05, 3.63) is 35.9 Å². The van der Waals surface area contributed by atoms with Gasteiger partial charge < -0.3 is 10.4 Å². The highest BCUT2D eigenvalue weighted by atomic mass is 16.4. The third-order valence-corrected chi connectivity index (χ3v) is 3.07. The Labute approximate surface area is 113 Å². The molecule has 104 valence electrons. The van der Waals surface area contributed by atoms with E-state index in [2.05, 4.69) is 5.32 Å². The molecule has 1 atom stereocenters. The summed E-state index contributed by atoms with van der Waals surface area (Å²) in [5.74, 6) is -1.12. The molecule has 1 amide bonds. The van der Waals surface area contributed by atoms with Crippen LogP contribution in [0.1, 0.15) is 49.9 Å². The van der Waals surface area contributed by atoms with Crippen LogP contribution in [0.4, 0.5) is 0 Å². The number of nitrogens with one attached hydrogen (secondary N) is 1.